The number of hydrogen-bond acceptors (Lipinski definition) is 1. The molecule has 0 spiro atoms. The van der Waals surface area contributed by atoms with Crippen LogP contribution < -0.4 is 115 Å². The van der Waals surface area contributed by atoms with Crippen molar-refractivity contribution in [2.75, 3.05) is 27.7 Å². The molecule has 0 aromatic rings. The molecule has 0 bridgehead atoms. The smallest absolute Gasteiger partial charge is 0.0661 e. The third kappa shape index (κ3) is 555. The van der Waals surface area contributed by atoms with Crippen molar-refractivity contribution in [1.29, 1.82) is 0 Å². The first-order valence-corrected chi connectivity index (χ1v) is 3.02. The Kier molecular flexibility index (Phi) is 715. The maximum Gasteiger partial charge on any atom is 0.0661 e. The molecule has 0 aliphatic carbocycles. The summed E-state index contributed by atoms with van der Waals surface area (Å²) >= 11 is 0. The first kappa shape index (κ1) is 111. The van der Waals surface area contributed by atoms with E-state index in [9.17, 15) is 0 Å². The van der Waals surface area contributed by atoms with E-state index in [-0.39, 0.29) is 99.0 Å². The Bertz CT molecular complexity index is 71.3. The molecule has 136 valence electrons. The van der Waals surface area contributed by atoms with Crippen molar-refractivity contribution < 1.29 is 85.2 Å². The zero-order valence-electron chi connectivity index (χ0n) is 13.0. The molecule has 0 rings (SSSR count). The van der Waals surface area contributed by atoms with Crippen molar-refractivity contribution >= 4 is 0 Å². The molecular formula is C6H35Cl6N7. The Balaban J connectivity index is -0.00000000340. The van der Waals surface area contributed by atoms with Gasteiger partial charge in [-0.1, -0.05) is 6.08 Å². The first-order chi connectivity index (χ1) is 4.15. The van der Waals surface area contributed by atoms with Gasteiger partial charge in [0.25, 0.3) is 0 Å². The average Bonchev–Trinajstić information content (AvgIpc) is 1.66. The van der Waals surface area contributed by atoms with Gasteiger partial charge in [-0.3, -0.25) is 5.84 Å². The summed E-state index contributed by atoms with van der Waals surface area (Å²) in [5.41, 5.74) is 2.65. The maximum absolute atomic E-state index is 3.45. The second-order valence-electron chi connectivity index (χ2n) is 2.24. The molecule has 13 heteroatoms. The van der Waals surface area contributed by atoms with E-state index >= 15 is 0 Å². The molecule has 0 saturated heterocycles. The van der Waals surface area contributed by atoms with Gasteiger partial charge in [-0.15, -0.1) is 6.58 Å². The van der Waals surface area contributed by atoms with E-state index in [1.807, 2.05) is 0 Å². The minimum Gasteiger partial charge on any atom is -1.00 e. The monoisotopic (exact) mass is 415 g/mol. The predicted octanol–water partition coefficient (Wildman–Crippen LogP) is -18.8. The highest BCUT2D eigenvalue weighted by molar-refractivity contribution is 4.65. The lowest BCUT2D eigenvalue weighted by molar-refractivity contribution is -0.836. The van der Waals surface area contributed by atoms with Gasteiger partial charge in [0.1, 0.15) is 0 Å². The van der Waals surface area contributed by atoms with Crippen molar-refractivity contribution in [3.8, 4) is 0 Å². The van der Waals surface area contributed by atoms with Crippen molar-refractivity contribution in [2.45, 2.75) is 0 Å². The van der Waals surface area contributed by atoms with Crippen LogP contribution in [0.25, 0.3) is 0 Å². The van der Waals surface area contributed by atoms with Crippen molar-refractivity contribution in [2.24, 2.45) is 0 Å². The number of hydrogen-bond donors (Lipinski definition) is 7. The molecule has 0 unspecified atom stereocenters. The van der Waals surface area contributed by atoms with Crippen LogP contribution in [0.15, 0.2) is 12.7 Å². The van der Waals surface area contributed by atoms with Crippen molar-refractivity contribution in [3.05, 3.63) is 12.7 Å². The van der Waals surface area contributed by atoms with Crippen LogP contribution in [0.5, 0.6) is 0 Å². The van der Waals surface area contributed by atoms with Gasteiger partial charge in [-0.05, 0) is 0 Å². The van der Waals surface area contributed by atoms with E-state index in [0.717, 1.165) is 6.54 Å². The summed E-state index contributed by atoms with van der Waals surface area (Å²) in [6.45, 7) is 4.24. The second-order valence-corrected chi connectivity index (χ2v) is 2.24. The highest BCUT2D eigenvalue weighted by Gasteiger charge is 1.61. The number of rotatable bonds is 2. The lowest BCUT2D eigenvalue weighted by Crippen LogP contribution is -3.02. The van der Waals surface area contributed by atoms with E-state index in [1.165, 1.54) is 4.90 Å². The number of quaternary nitrogens is 6. The summed E-state index contributed by atoms with van der Waals surface area (Å²) in [7, 11) is 6.25. The molecule has 0 aliphatic heterocycles. The van der Waals surface area contributed by atoms with E-state index in [1.54, 1.807) is 6.08 Å². The summed E-state index contributed by atoms with van der Waals surface area (Å²) in [6.07, 6.45) is 1.76. The minimum absolute atomic E-state index is 0. The van der Waals surface area contributed by atoms with Crippen LogP contribution in [0.3, 0.4) is 0 Å². The van der Waals surface area contributed by atoms with Gasteiger partial charge in [0, 0.05) is 0 Å². The van der Waals surface area contributed by atoms with E-state index < -0.39 is 0 Å². The minimum atomic E-state index is 0. The summed E-state index contributed by atoms with van der Waals surface area (Å²) in [5, 5.41) is 0. The van der Waals surface area contributed by atoms with E-state index in [0.29, 0.717) is 0 Å². The third-order valence-electron chi connectivity index (χ3n) is 0.289. The summed E-state index contributed by atoms with van der Waals surface area (Å²) < 4.78 is 0. The first-order valence-electron chi connectivity index (χ1n) is 3.02. The van der Waals surface area contributed by atoms with E-state index in [4.69, 9.17) is 0 Å². The Labute approximate surface area is 155 Å². The summed E-state index contributed by atoms with van der Waals surface area (Å²) in [6, 6.07) is 0. The van der Waals surface area contributed by atoms with Crippen LogP contribution in [-0.4, -0.2) is 27.7 Å². The lowest BCUT2D eigenvalue weighted by Gasteiger charge is -1.88. The molecule has 0 heterocycles. The van der Waals surface area contributed by atoms with Gasteiger partial charge in [-0.25, -0.2) is 0 Å². The zero-order chi connectivity index (χ0) is 7.70. The topological polar surface area (TPSA) is 190 Å². The summed E-state index contributed by atoms with van der Waals surface area (Å²) in [4.78, 5) is 1.42. The SMILES string of the molecule is C=CCN[NH3+].C[NH+](C)C.[Cl-].[Cl-].[Cl-].[Cl-].[Cl-].[Cl-].[NH4+].[NH4+].[NH4+].[NH4+]. The fourth-order valence-electron chi connectivity index (χ4n) is 0.102. The summed E-state index contributed by atoms with van der Waals surface area (Å²) in [5.74, 6) is 3.35. The van der Waals surface area contributed by atoms with Crippen molar-refractivity contribution in [3.63, 3.8) is 0 Å². The Morgan fingerprint density at radius 3 is 1.00 bits per heavy atom. The molecule has 19 heavy (non-hydrogen) atoms. The predicted molar refractivity (Wildman–Crippen MR) is 63.8 cm³/mol. The molecule has 0 aliphatic rings. The fourth-order valence-corrected chi connectivity index (χ4v) is 0.102. The molecule has 0 fully saturated rings. The molecule has 0 saturated carbocycles. The normalized spacial score (nSPS) is 3.84. The average molecular weight is 418 g/mol. The lowest BCUT2D eigenvalue weighted by atomic mass is 10.7. The quantitative estimate of drug-likeness (QED) is 0.170. The third-order valence-corrected chi connectivity index (χ3v) is 0.289. The molecule has 0 aromatic carbocycles. The van der Waals surface area contributed by atoms with Gasteiger partial charge >= 0.3 is 0 Å². The highest BCUT2D eigenvalue weighted by Crippen LogP contribution is 1.45. The highest BCUT2D eigenvalue weighted by atomic mass is 35.5. The van der Waals surface area contributed by atoms with Crippen LogP contribution in [0.1, 0.15) is 0 Å². The fraction of sp³-hybridized carbons (Fsp3) is 0.667. The van der Waals surface area contributed by atoms with E-state index in [2.05, 4.69) is 39.0 Å². The molecule has 0 radical (unpaired) electrons. The van der Waals surface area contributed by atoms with Gasteiger partial charge < -0.3 is 104 Å². The van der Waals surface area contributed by atoms with Crippen molar-refractivity contribution in [1.82, 2.24) is 30.0 Å². The standard InChI is InChI=1S/C3H8N2.C3H9N.6ClH.4H3N/c1-2-3-5-4;1-4(2)3;;;;;;;;;;/h2,5H,1,3-4H2;1-3H3;6*1H;4*1H3. The molecule has 0 aromatic heterocycles. The Hall–Kier alpha value is 1.20. The van der Waals surface area contributed by atoms with Crippen LogP contribution in [0, 0.1) is 0 Å². The van der Waals surface area contributed by atoms with Crippen LogP contribution in [0.2, 0.25) is 0 Å². The van der Waals surface area contributed by atoms with Gasteiger partial charge in [0.15, 0.2) is 0 Å². The zero-order valence-corrected chi connectivity index (χ0v) is 17.5. The molecule has 0 atom stereocenters. The largest absolute Gasteiger partial charge is 1.00 e. The van der Waals surface area contributed by atoms with Crippen LogP contribution >= 0.6 is 0 Å². The van der Waals surface area contributed by atoms with Gasteiger partial charge in [-0.2, -0.15) is 5.43 Å². The number of halogens is 6. The Morgan fingerprint density at radius 2 is 1.00 bits per heavy atom. The molecule has 0 amide bonds. The van der Waals surface area contributed by atoms with Gasteiger partial charge in [0.2, 0.25) is 0 Å². The van der Waals surface area contributed by atoms with Gasteiger partial charge in [0.05, 0.1) is 27.7 Å². The maximum atomic E-state index is 3.45. The Morgan fingerprint density at radius 1 is 0.842 bits per heavy atom. The number of nitrogens with one attached hydrogen (secondary N) is 2. The van der Waals surface area contributed by atoms with Crippen LogP contribution in [-0.2, 0) is 0 Å². The molecule has 7 nitrogen and oxygen atoms in total. The molecule has 21 N–H and O–H groups in total. The van der Waals surface area contributed by atoms with Crippen LogP contribution in [0.4, 0.5) is 0 Å². The molecular weight excluding hydrogens is 383 g/mol. The second kappa shape index (κ2) is 123.